The molecule has 3 aromatic rings. The molecular weight excluding hydrogens is 376 g/mol. The highest BCUT2D eigenvalue weighted by Gasteiger charge is 2.31. The summed E-state index contributed by atoms with van der Waals surface area (Å²) in [6.45, 7) is 0.779. The zero-order chi connectivity index (χ0) is 20.7. The number of benzene rings is 2. The third kappa shape index (κ3) is 3.13. The van der Waals surface area contributed by atoms with Crippen molar-refractivity contribution in [3.05, 3.63) is 58.8 Å². The van der Waals surface area contributed by atoms with E-state index < -0.39 is 0 Å². The number of H-pyrrole nitrogens is 1. The van der Waals surface area contributed by atoms with Crippen molar-refractivity contribution in [3.63, 3.8) is 0 Å². The van der Waals surface area contributed by atoms with E-state index >= 15 is 0 Å². The van der Waals surface area contributed by atoms with Crippen LogP contribution in [0.25, 0.3) is 10.9 Å². The lowest BCUT2D eigenvalue weighted by Gasteiger charge is -2.26. The summed E-state index contributed by atoms with van der Waals surface area (Å²) >= 11 is 0. The molecule has 0 spiro atoms. The summed E-state index contributed by atoms with van der Waals surface area (Å²) in [7, 11) is 3.28. The number of carbonyl (C=O) groups is 1. The second-order valence-electron chi connectivity index (χ2n) is 8.32. The van der Waals surface area contributed by atoms with E-state index in [2.05, 4.69) is 17.1 Å². The van der Waals surface area contributed by atoms with Crippen LogP contribution in [0.5, 0.6) is 11.5 Å². The number of likely N-dealkylation sites (tertiary alicyclic amines) is 1. The Morgan fingerprint density at radius 3 is 2.67 bits per heavy atom. The molecule has 5 rings (SSSR count). The summed E-state index contributed by atoms with van der Waals surface area (Å²) in [5.41, 5.74) is 5.78. The van der Waals surface area contributed by atoms with Crippen LogP contribution in [0, 0.1) is 0 Å². The quantitative estimate of drug-likeness (QED) is 0.663. The van der Waals surface area contributed by atoms with Gasteiger partial charge in [-0.2, -0.15) is 0 Å². The zero-order valence-electron chi connectivity index (χ0n) is 17.7. The van der Waals surface area contributed by atoms with Gasteiger partial charge in [0.15, 0.2) is 11.5 Å². The first kappa shape index (κ1) is 19.0. The highest BCUT2D eigenvalue weighted by atomic mass is 16.5. The summed E-state index contributed by atoms with van der Waals surface area (Å²) in [6, 6.07) is 12.2. The van der Waals surface area contributed by atoms with Gasteiger partial charge in [-0.25, -0.2) is 0 Å². The first-order chi connectivity index (χ1) is 14.7. The van der Waals surface area contributed by atoms with Gasteiger partial charge in [0.2, 0.25) is 0 Å². The van der Waals surface area contributed by atoms with E-state index in [0.717, 1.165) is 48.9 Å². The average molecular weight is 405 g/mol. The largest absolute Gasteiger partial charge is 0.493 e. The van der Waals surface area contributed by atoms with Crippen molar-refractivity contribution in [1.82, 2.24) is 9.88 Å². The van der Waals surface area contributed by atoms with Gasteiger partial charge in [-0.05, 0) is 80.0 Å². The van der Waals surface area contributed by atoms with Crippen LogP contribution in [0.3, 0.4) is 0 Å². The molecule has 1 amide bonds. The van der Waals surface area contributed by atoms with E-state index in [1.807, 2.05) is 29.2 Å². The maximum atomic E-state index is 13.5. The number of fused-ring (bicyclic) bond motifs is 3. The number of aromatic nitrogens is 1. The lowest BCUT2D eigenvalue weighted by Crippen LogP contribution is -2.30. The van der Waals surface area contributed by atoms with Gasteiger partial charge >= 0.3 is 0 Å². The Bertz CT molecular complexity index is 1100. The van der Waals surface area contributed by atoms with Crippen LogP contribution in [0.2, 0.25) is 0 Å². The summed E-state index contributed by atoms with van der Waals surface area (Å²) in [6.07, 6.45) is 6.65. The minimum atomic E-state index is 0.0631. The molecule has 1 atom stereocenters. The van der Waals surface area contributed by atoms with Crippen LogP contribution in [0.4, 0.5) is 0 Å². The number of hydrogen-bond acceptors (Lipinski definition) is 3. The zero-order valence-corrected chi connectivity index (χ0v) is 17.7. The van der Waals surface area contributed by atoms with E-state index in [4.69, 9.17) is 9.47 Å². The Morgan fingerprint density at radius 1 is 1.00 bits per heavy atom. The fraction of sp³-hybridized carbons (Fsp3) is 0.400. The van der Waals surface area contributed by atoms with Crippen molar-refractivity contribution in [2.75, 3.05) is 20.8 Å². The monoisotopic (exact) mass is 404 g/mol. The third-order valence-corrected chi connectivity index (χ3v) is 6.65. The molecule has 2 aliphatic rings. The van der Waals surface area contributed by atoms with Crippen molar-refractivity contribution in [2.45, 2.75) is 44.6 Å². The second-order valence-corrected chi connectivity index (χ2v) is 8.32. The second kappa shape index (κ2) is 7.71. The summed E-state index contributed by atoms with van der Waals surface area (Å²) < 4.78 is 10.8. The molecule has 1 fully saturated rings. The molecule has 1 aliphatic carbocycles. The number of amides is 1. The normalized spacial score (nSPS) is 18.5. The maximum Gasteiger partial charge on any atom is 0.254 e. The van der Waals surface area contributed by atoms with Crippen molar-refractivity contribution < 1.29 is 14.3 Å². The molecule has 1 N–H and O–H groups in total. The molecule has 2 heterocycles. The van der Waals surface area contributed by atoms with Gasteiger partial charge in [0.1, 0.15) is 0 Å². The molecule has 0 bridgehead atoms. The van der Waals surface area contributed by atoms with Crippen molar-refractivity contribution in [1.29, 1.82) is 0 Å². The number of ether oxygens (including phenoxy) is 2. The molecule has 5 heteroatoms. The number of nitrogens with zero attached hydrogens (tertiary/aromatic N) is 1. The molecule has 156 valence electrons. The number of rotatable bonds is 4. The highest BCUT2D eigenvalue weighted by molar-refractivity contribution is 5.99. The van der Waals surface area contributed by atoms with E-state index in [-0.39, 0.29) is 11.9 Å². The molecule has 30 heavy (non-hydrogen) atoms. The van der Waals surface area contributed by atoms with Crippen LogP contribution >= 0.6 is 0 Å². The molecule has 0 unspecified atom stereocenters. The average Bonchev–Trinajstić information content (AvgIpc) is 3.42. The van der Waals surface area contributed by atoms with Gasteiger partial charge in [0.25, 0.3) is 5.91 Å². The van der Waals surface area contributed by atoms with E-state index in [0.29, 0.717) is 11.5 Å². The lowest BCUT2D eigenvalue weighted by atomic mass is 9.95. The predicted octanol–water partition coefficient (Wildman–Crippen LogP) is 5.04. The smallest absolute Gasteiger partial charge is 0.254 e. The number of carbonyl (C=O) groups excluding carboxylic acids is 1. The molecule has 2 aromatic carbocycles. The third-order valence-electron chi connectivity index (χ3n) is 6.65. The molecule has 1 aliphatic heterocycles. The minimum Gasteiger partial charge on any atom is -0.493 e. The van der Waals surface area contributed by atoms with E-state index in [9.17, 15) is 4.79 Å². The molecule has 1 saturated heterocycles. The first-order valence-corrected chi connectivity index (χ1v) is 10.9. The molecular formula is C25H28N2O3. The Kier molecular flexibility index (Phi) is 4.89. The van der Waals surface area contributed by atoms with Crippen LogP contribution in [0.1, 0.15) is 58.9 Å². The Labute approximate surface area is 177 Å². The maximum absolute atomic E-state index is 13.5. The number of aromatic amines is 1. The molecule has 1 aromatic heterocycles. The van der Waals surface area contributed by atoms with E-state index in [1.165, 1.54) is 29.5 Å². The number of methoxy groups -OCH3 is 2. The fourth-order valence-corrected chi connectivity index (χ4v) is 5.12. The van der Waals surface area contributed by atoms with Gasteiger partial charge in [0.05, 0.1) is 20.3 Å². The topological polar surface area (TPSA) is 54.6 Å². The van der Waals surface area contributed by atoms with Crippen molar-refractivity contribution in [3.8, 4) is 11.5 Å². The standard InChI is InChI=1S/C25H28N2O3/c1-29-23-12-10-16(15-24(23)30-2)22-8-5-13-27(22)25(28)17-9-11-21-19(14-17)18-6-3-4-7-20(18)26-21/h9-12,14-15,22,26H,3-8,13H2,1-2H3/t22-/m1/s1. The number of aryl methyl sites for hydroxylation is 2. The van der Waals surface area contributed by atoms with Crippen LogP contribution in [0.15, 0.2) is 36.4 Å². The Balaban J connectivity index is 1.46. The minimum absolute atomic E-state index is 0.0631. The van der Waals surface area contributed by atoms with Crippen molar-refractivity contribution in [2.24, 2.45) is 0 Å². The van der Waals surface area contributed by atoms with E-state index in [1.54, 1.807) is 14.2 Å². The molecule has 5 nitrogen and oxygen atoms in total. The lowest BCUT2D eigenvalue weighted by molar-refractivity contribution is 0.0735. The number of hydrogen-bond donors (Lipinski definition) is 1. The Morgan fingerprint density at radius 2 is 1.83 bits per heavy atom. The Hall–Kier alpha value is -2.95. The van der Waals surface area contributed by atoms with Gasteiger partial charge in [-0.15, -0.1) is 0 Å². The summed E-state index contributed by atoms with van der Waals surface area (Å²) in [5.74, 6) is 1.52. The van der Waals surface area contributed by atoms with Crippen LogP contribution in [-0.4, -0.2) is 36.6 Å². The van der Waals surface area contributed by atoms with Gasteiger partial charge in [-0.1, -0.05) is 6.07 Å². The molecule has 0 radical (unpaired) electrons. The van der Waals surface area contributed by atoms with Gasteiger partial charge < -0.3 is 19.4 Å². The fourth-order valence-electron chi connectivity index (χ4n) is 5.12. The SMILES string of the molecule is COc1ccc([C@H]2CCCN2C(=O)c2ccc3[nH]c4c(c3c2)CCCC4)cc1OC. The van der Waals surface area contributed by atoms with Crippen molar-refractivity contribution >= 4 is 16.8 Å². The van der Waals surface area contributed by atoms with Crippen LogP contribution < -0.4 is 9.47 Å². The first-order valence-electron chi connectivity index (χ1n) is 10.9. The highest BCUT2D eigenvalue weighted by Crippen LogP contribution is 2.38. The van der Waals surface area contributed by atoms with Gasteiger partial charge in [-0.3, -0.25) is 4.79 Å². The summed E-state index contributed by atoms with van der Waals surface area (Å²) in [4.78, 5) is 19.1. The van der Waals surface area contributed by atoms with Crippen LogP contribution in [-0.2, 0) is 12.8 Å². The number of nitrogens with one attached hydrogen (secondary N) is 1. The predicted molar refractivity (Wildman–Crippen MR) is 117 cm³/mol. The summed E-state index contributed by atoms with van der Waals surface area (Å²) in [5, 5.41) is 1.22. The van der Waals surface area contributed by atoms with Gasteiger partial charge in [0, 0.05) is 28.7 Å². The molecule has 0 saturated carbocycles.